The Morgan fingerprint density at radius 2 is 1.75 bits per heavy atom. The summed E-state index contributed by atoms with van der Waals surface area (Å²) in [6.45, 7) is 2.47. The second-order valence-corrected chi connectivity index (χ2v) is 7.19. The van der Waals surface area contributed by atoms with Crippen LogP contribution in [0.15, 0.2) is 53.1 Å². The summed E-state index contributed by atoms with van der Waals surface area (Å²) in [5, 5.41) is 12.3. The van der Waals surface area contributed by atoms with Crippen LogP contribution < -0.4 is 10.2 Å². The standard InChI is InChI=1S/C19H17Cl2N5O2/c20-13-10-14(21)12-15(11-13)22-19(27)26-7-5-25(6-8-26)18-4-3-16(23-24-18)17-2-1-9-28-17/h1-4,9-12H,5-8H2,(H,22,27). The van der Waals surface area contributed by atoms with Crippen molar-refractivity contribution in [1.82, 2.24) is 15.1 Å². The highest BCUT2D eigenvalue weighted by Gasteiger charge is 2.22. The predicted molar refractivity (Wildman–Crippen MR) is 109 cm³/mol. The first-order chi connectivity index (χ1) is 13.6. The second kappa shape index (κ2) is 8.08. The molecule has 144 valence electrons. The molecule has 0 atom stereocenters. The van der Waals surface area contributed by atoms with Crippen LogP contribution in [0.2, 0.25) is 10.0 Å². The number of anilines is 2. The zero-order valence-electron chi connectivity index (χ0n) is 14.8. The number of amides is 2. The largest absolute Gasteiger partial charge is 0.463 e. The molecule has 1 N–H and O–H groups in total. The van der Waals surface area contributed by atoms with E-state index in [0.717, 1.165) is 5.82 Å². The Kier molecular flexibility index (Phi) is 5.36. The summed E-state index contributed by atoms with van der Waals surface area (Å²) in [7, 11) is 0. The number of furan rings is 1. The second-order valence-electron chi connectivity index (χ2n) is 6.32. The first kappa shape index (κ1) is 18.6. The number of hydrogen-bond acceptors (Lipinski definition) is 5. The van der Waals surface area contributed by atoms with Gasteiger partial charge in [-0.3, -0.25) is 0 Å². The molecule has 1 fully saturated rings. The van der Waals surface area contributed by atoms with Crippen molar-refractivity contribution in [3.05, 3.63) is 58.8 Å². The van der Waals surface area contributed by atoms with Crippen LogP contribution >= 0.6 is 23.2 Å². The molecule has 0 unspecified atom stereocenters. The lowest BCUT2D eigenvalue weighted by molar-refractivity contribution is 0.208. The highest BCUT2D eigenvalue weighted by atomic mass is 35.5. The van der Waals surface area contributed by atoms with Gasteiger partial charge >= 0.3 is 6.03 Å². The van der Waals surface area contributed by atoms with E-state index in [-0.39, 0.29) is 6.03 Å². The van der Waals surface area contributed by atoms with Gasteiger partial charge in [-0.15, -0.1) is 10.2 Å². The van der Waals surface area contributed by atoms with Crippen molar-refractivity contribution < 1.29 is 9.21 Å². The molecular formula is C19H17Cl2N5O2. The SMILES string of the molecule is O=C(Nc1cc(Cl)cc(Cl)c1)N1CCN(c2ccc(-c3ccco3)nn2)CC1. The smallest absolute Gasteiger partial charge is 0.321 e. The lowest BCUT2D eigenvalue weighted by atomic mass is 10.3. The molecule has 1 aromatic carbocycles. The van der Waals surface area contributed by atoms with Gasteiger partial charge in [-0.1, -0.05) is 23.2 Å². The topological polar surface area (TPSA) is 74.5 Å². The summed E-state index contributed by atoms with van der Waals surface area (Å²) < 4.78 is 5.33. The van der Waals surface area contributed by atoms with Gasteiger partial charge in [0.2, 0.25) is 0 Å². The zero-order chi connectivity index (χ0) is 19.5. The molecule has 0 radical (unpaired) electrons. The molecule has 0 spiro atoms. The Morgan fingerprint density at radius 1 is 1.00 bits per heavy atom. The van der Waals surface area contributed by atoms with Crippen molar-refractivity contribution in [3.63, 3.8) is 0 Å². The lowest BCUT2D eigenvalue weighted by Crippen LogP contribution is -2.50. The fourth-order valence-electron chi connectivity index (χ4n) is 3.02. The maximum absolute atomic E-state index is 12.5. The molecule has 0 saturated carbocycles. The first-order valence-electron chi connectivity index (χ1n) is 8.73. The molecule has 28 heavy (non-hydrogen) atoms. The quantitative estimate of drug-likeness (QED) is 0.683. The molecule has 9 heteroatoms. The molecule has 2 amide bonds. The van der Waals surface area contributed by atoms with E-state index in [1.54, 1.807) is 29.4 Å². The van der Waals surface area contributed by atoms with Crippen molar-refractivity contribution in [2.24, 2.45) is 0 Å². The molecule has 3 heterocycles. The monoisotopic (exact) mass is 417 g/mol. The third-order valence-corrected chi connectivity index (χ3v) is 4.87. The number of aromatic nitrogens is 2. The summed E-state index contributed by atoms with van der Waals surface area (Å²) in [5.74, 6) is 1.46. The number of urea groups is 1. The van der Waals surface area contributed by atoms with E-state index < -0.39 is 0 Å². The minimum Gasteiger partial charge on any atom is -0.463 e. The third kappa shape index (κ3) is 4.21. The van der Waals surface area contributed by atoms with E-state index in [2.05, 4.69) is 20.4 Å². The molecule has 3 aromatic rings. The molecule has 7 nitrogen and oxygen atoms in total. The van der Waals surface area contributed by atoms with E-state index in [9.17, 15) is 4.79 Å². The lowest BCUT2D eigenvalue weighted by Gasteiger charge is -2.35. The van der Waals surface area contributed by atoms with Gasteiger partial charge in [0.15, 0.2) is 11.6 Å². The number of hydrogen-bond donors (Lipinski definition) is 1. The van der Waals surface area contributed by atoms with Gasteiger partial charge in [-0.25, -0.2) is 4.79 Å². The minimum absolute atomic E-state index is 0.183. The van der Waals surface area contributed by atoms with Crippen LogP contribution in [0.1, 0.15) is 0 Å². The number of carbonyl (C=O) groups is 1. The summed E-state index contributed by atoms with van der Waals surface area (Å²) in [5.41, 5.74) is 1.26. The van der Waals surface area contributed by atoms with E-state index in [1.165, 1.54) is 0 Å². The fourth-order valence-corrected chi connectivity index (χ4v) is 3.54. The Bertz CT molecular complexity index is 935. The molecule has 4 rings (SSSR count). The zero-order valence-corrected chi connectivity index (χ0v) is 16.3. The summed E-state index contributed by atoms with van der Waals surface area (Å²) >= 11 is 12.0. The molecule has 2 aromatic heterocycles. The van der Waals surface area contributed by atoms with Crippen LogP contribution in [0.25, 0.3) is 11.5 Å². The number of nitrogens with zero attached hydrogens (tertiary/aromatic N) is 4. The van der Waals surface area contributed by atoms with Gasteiger partial charge in [0.05, 0.1) is 6.26 Å². The van der Waals surface area contributed by atoms with Crippen LogP contribution in [-0.4, -0.2) is 47.3 Å². The van der Waals surface area contributed by atoms with Crippen molar-refractivity contribution in [2.45, 2.75) is 0 Å². The van der Waals surface area contributed by atoms with Gasteiger partial charge in [-0.2, -0.15) is 0 Å². The maximum atomic E-state index is 12.5. The Balaban J connectivity index is 1.34. The van der Waals surface area contributed by atoms with E-state index >= 15 is 0 Å². The van der Waals surface area contributed by atoms with Gasteiger partial charge in [0.1, 0.15) is 5.69 Å². The molecular weight excluding hydrogens is 401 g/mol. The van der Waals surface area contributed by atoms with Crippen LogP contribution in [-0.2, 0) is 0 Å². The van der Waals surface area contributed by atoms with E-state index in [4.69, 9.17) is 27.6 Å². The van der Waals surface area contributed by atoms with Crippen molar-refractivity contribution in [2.75, 3.05) is 36.4 Å². The van der Waals surface area contributed by atoms with Crippen molar-refractivity contribution in [1.29, 1.82) is 0 Å². The van der Waals surface area contributed by atoms with E-state index in [0.29, 0.717) is 53.4 Å². The van der Waals surface area contributed by atoms with Gasteiger partial charge in [0.25, 0.3) is 0 Å². The minimum atomic E-state index is -0.183. The van der Waals surface area contributed by atoms with Crippen LogP contribution in [0.4, 0.5) is 16.3 Å². The van der Waals surface area contributed by atoms with E-state index in [1.807, 2.05) is 24.3 Å². The number of benzene rings is 1. The number of halogens is 2. The predicted octanol–water partition coefficient (Wildman–Crippen LogP) is 4.40. The molecule has 1 aliphatic rings. The molecule has 1 aliphatic heterocycles. The van der Waals surface area contributed by atoms with Crippen molar-refractivity contribution in [3.8, 4) is 11.5 Å². The summed E-state index contributed by atoms with van der Waals surface area (Å²) in [6.07, 6.45) is 1.60. The average Bonchev–Trinajstić information content (AvgIpc) is 3.22. The highest BCUT2D eigenvalue weighted by molar-refractivity contribution is 6.35. The Morgan fingerprint density at radius 3 is 2.36 bits per heavy atom. The summed E-state index contributed by atoms with van der Waals surface area (Å²) in [6, 6.07) is 12.2. The first-order valence-corrected chi connectivity index (χ1v) is 9.49. The molecule has 0 aliphatic carbocycles. The molecule has 0 bridgehead atoms. The number of carbonyl (C=O) groups excluding carboxylic acids is 1. The third-order valence-electron chi connectivity index (χ3n) is 4.43. The van der Waals surface area contributed by atoms with Crippen LogP contribution in [0, 0.1) is 0 Å². The number of rotatable bonds is 3. The van der Waals surface area contributed by atoms with Crippen LogP contribution in [0.5, 0.6) is 0 Å². The van der Waals surface area contributed by atoms with Crippen molar-refractivity contribution >= 4 is 40.7 Å². The Labute approximate surface area is 171 Å². The highest BCUT2D eigenvalue weighted by Crippen LogP contribution is 2.23. The fraction of sp³-hybridized carbons (Fsp3) is 0.211. The summed E-state index contributed by atoms with van der Waals surface area (Å²) in [4.78, 5) is 16.3. The average molecular weight is 418 g/mol. The molecule has 1 saturated heterocycles. The normalized spacial score (nSPS) is 14.2. The number of piperazine rings is 1. The van der Waals surface area contributed by atoms with Gasteiger partial charge in [-0.05, 0) is 42.5 Å². The maximum Gasteiger partial charge on any atom is 0.321 e. The van der Waals surface area contributed by atoms with Gasteiger partial charge in [0, 0.05) is 41.9 Å². The Hall–Kier alpha value is -2.77. The number of nitrogens with one attached hydrogen (secondary N) is 1. The van der Waals surface area contributed by atoms with Gasteiger partial charge < -0.3 is 19.5 Å². The van der Waals surface area contributed by atoms with Crippen LogP contribution in [0.3, 0.4) is 0 Å².